The van der Waals surface area contributed by atoms with Gasteiger partial charge in [0.2, 0.25) is 9.05 Å². The van der Waals surface area contributed by atoms with Crippen LogP contribution in [0.5, 0.6) is 0 Å². The van der Waals surface area contributed by atoms with E-state index in [0.717, 1.165) is 19.3 Å². The predicted octanol–water partition coefficient (Wildman–Crippen LogP) is 2.13. The minimum absolute atomic E-state index is 0.269. The molecule has 1 saturated carbocycles. The average Bonchev–Trinajstić information content (AvgIpc) is 1.53. The maximum atomic E-state index is 11.1. The minimum Gasteiger partial charge on any atom is -0.212 e. The van der Waals surface area contributed by atoms with E-state index in [1.165, 1.54) is 0 Å². The molecule has 0 amide bonds. The van der Waals surface area contributed by atoms with Crippen LogP contribution >= 0.6 is 10.7 Å². The van der Waals surface area contributed by atoms with Gasteiger partial charge in [0.25, 0.3) is 0 Å². The van der Waals surface area contributed by atoms with Crippen molar-refractivity contribution in [1.29, 1.82) is 0 Å². The lowest BCUT2D eigenvalue weighted by atomic mass is 9.77. The standard InChI is InChI=1S/C7H13ClO2S/c1-7(2,11(8,9)10)6-4-3-5-6/h6H,3-5H2,1-2H3. The van der Waals surface area contributed by atoms with Crippen molar-refractivity contribution in [1.82, 2.24) is 0 Å². The summed E-state index contributed by atoms with van der Waals surface area (Å²) in [6.45, 7) is 3.42. The third-order valence-electron chi connectivity index (χ3n) is 2.72. The number of halogens is 1. The molecule has 0 aliphatic heterocycles. The van der Waals surface area contributed by atoms with E-state index in [9.17, 15) is 8.42 Å². The van der Waals surface area contributed by atoms with Crippen molar-refractivity contribution in [2.75, 3.05) is 0 Å². The zero-order chi connectivity index (χ0) is 8.70. The summed E-state index contributed by atoms with van der Waals surface area (Å²) in [5.74, 6) is 0.269. The first-order chi connectivity index (χ1) is 4.86. The third kappa shape index (κ3) is 1.54. The Morgan fingerprint density at radius 1 is 1.36 bits per heavy atom. The van der Waals surface area contributed by atoms with Gasteiger partial charge in [-0.3, -0.25) is 0 Å². The van der Waals surface area contributed by atoms with E-state index in [4.69, 9.17) is 10.7 Å². The van der Waals surface area contributed by atoms with Crippen LogP contribution in [0.15, 0.2) is 0 Å². The molecular formula is C7H13ClO2S. The van der Waals surface area contributed by atoms with Gasteiger partial charge in [-0.2, -0.15) is 0 Å². The smallest absolute Gasteiger partial charge is 0.212 e. The lowest BCUT2D eigenvalue weighted by Crippen LogP contribution is -2.40. The molecule has 0 spiro atoms. The highest BCUT2D eigenvalue weighted by Gasteiger charge is 2.43. The van der Waals surface area contributed by atoms with Gasteiger partial charge in [0.1, 0.15) is 0 Å². The Hall–Kier alpha value is 0.240. The first kappa shape index (κ1) is 9.33. The van der Waals surface area contributed by atoms with Crippen LogP contribution in [-0.4, -0.2) is 13.2 Å². The molecule has 1 fully saturated rings. The van der Waals surface area contributed by atoms with Crippen LogP contribution in [-0.2, 0) is 9.05 Å². The highest BCUT2D eigenvalue weighted by Crippen LogP contribution is 2.41. The van der Waals surface area contributed by atoms with Crippen LogP contribution in [0.1, 0.15) is 33.1 Å². The van der Waals surface area contributed by atoms with E-state index >= 15 is 0 Å². The van der Waals surface area contributed by atoms with Gasteiger partial charge in [-0.1, -0.05) is 6.42 Å². The topological polar surface area (TPSA) is 34.1 Å². The summed E-state index contributed by atoms with van der Waals surface area (Å²) in [6.07, 6.45) is 3.14. The van der Waals surface area contributed by atoms with Crippen LogP contribution in [0.4, 0.5) is 0 Å². The van der Waals surface area contributed by atoms with Crippen LogP contribution in [0.2, 0.25) is 0 Å². The van der Waals surface area contributed by atoms with E-state index in [2.05, 4.69) is 0 Å². The summed E-state index contributed by atoms with van der Waals surface area (Å²) < 4.78 is 21.4. The fraction of sp³-hybridized carbons (Fsp3) is 1.00. The Labute approximate surface area is 72.4 Å². The summed E-state index contributed by atoms with van der Waals surface area (Å²) in [6, 6.07) is 0. The molecule has 1 rings (SSSR count). The molecule has 1 aliphatic carbocycles. The van der Waals surface area contributed by atoms with E-state index in [0.29, 0.717) is 0 Å². The van der Waals surface area contributed by atoms with Crippen LogP contribution in [0.25, 0.3) is 0 Å². The Morgan fingerprint density at radius 2 is 1.82 bits per heavy atom. The van der Waals surface area contributed by atoms with Gasteiger partial charge in [-0.25, -0.2) is 8.42 Å². The summed E-state index contributed by atoms with van der Waals surface area (Å²) in [4.78, 5) is 0. The zero-order valence-electron chi connectivity index (χ0n) is 6.80. The Bertz CT molecular complexity index is 239. The summed E-state index contributed by atoms with van der Waals surface area (Å²) in [5, 5.41) is 0. The van der Waals surface area contributed by atoms with Gasteiger partial charge in [0.05, 0.1) is 4.75 Å². The SMILES string of the molecule is CC(C)(C1CCC1)S(=O)(=O)Cl. The summed E-state index contributed by atoms with van der Waals surface area (Å²) in [7, 11) is 1.91. The highest BCUT2D eigenvalue weighted by atomic mass is 35.7. The van der Waals surface area contributed by atoms with Crippen LogP contribution in [0, 0.1) is 5.92 Å². The van der Waals surface area contributed by atoms with Crippen molar-refractivity contribution >= 4 is 19.7 Å². The van der Waals surface area contributed by atoms with Crippen molar-refractivity contribution in [2.24, 2.45) is 5.92 Å². The maximum Gasteiger partial charge on any atom is 0.238 e. The monoisotopic (exact) mass is 196 g/mol. The van der Waals surface area contributed by atoms with Crippen molar-refractivity contribution in [3.05, 3.63) is 0 Å². The van der Waals surface area contributed by atoms with Crippen LogP contribution in [0.3, 0.4) is 0 Å². The van der Waals surface area contributed by atoms with Gasteiger partial charge in [-0.15, -0.1) is 0 Å². The summed E-state index contributed by atoms with van der Waals surface area (Å²) in [5.41, 5.74) is 0. The zero-order valence-corrected chi connectivity index (χ0v) is 8.37. The van der Waals surface area contributed by atoms with Gasteiger partial charge in [0, 0.05) is 10.7 Å². The maximum absolute atomic E-state index is 11.1. The Morgan fingerprint density at radius 3 is 1.91 bits per heavy atom. The average molecular weight is 197 g/mol. The van der Waals surface area contributed by atoms with Gasteiger partial charge < -0.3 is 0 Å². The van der Waals surface area contributed by atoms with Crippen molar-refractivity contribution in [2.45, 2.75) is 37.9 Å². The molecule has 0 aromatic heterocycles. The number of hydrogen-bond donors (Lipinski definition) is 0. The van der Waals surface area contributed by atoms with E-state index < -0.39 is 13.8 Å². The van der Waals surface area contributed by atoms with Gasteiger partial charge >= 0.3 is 0 Å². The molecular weight excluding hydrogens is 184 g/mol. The number of hydrogen-bond acceptors (Lipinski definition) is 2. The molecule has 0 aromatic rings. The molecule has 0 aromatic carbocycles. The first-order valence-corrected chi connectivity index (χ1v) is 6.11. The Balaban J connectivity index is 2.81. The van der Waals surface area contributed by atoms with Gasteiger partial charge in [-0.05, 0) is 32.6 Å². The van der Waals surface area contributed by atoms with Crippen molar-refractivity contribution in [3.63, 3.8) is 0 Å². The molecule has 4 heteroatoms. The van der Waals surface area contributed by atoms with E-state index in [1.807, 2.05) is 0 Å². The fourth-order valence-corrected chi connectivity index (χ4v) is 2.31. The molecule has 0 unspecified atom stereocenters. The van der Waals surface area contributed by atoms with Crippen molar-refractivity contribution < 1.29 is 8.42 Å². The van der Waals surface area contributed by atoms with E-state index in [1.54, 1.807) is 13.8 Å². The fourth-order valence-electron chi connectivity index (χ4n) is 1.30. The normalized spacial score (nSPS) is 21.4. The molecule has 66 valence electrons. The lowest BCUT2D eigenvalue weighted by molar-refractivity contribution is 0.252. The third-order valence-corrected chi connectivity index (χ3v) is 5.50. The molecule has 2 nitrogen and oxygen atoms in total. The first-order valence-electron chi connectivity index (χ1n) is 3.80. The predicted molar refractivity (Wildman–Crippen MR) is 46.2 cm³/mol. The molecule has 0 N–H and O–H groups in total. The molecule has 0 saturated heterocycles. The minimum atomic E-state index is -3.39. The lowest BCUT2D eigenvalue weighted by Gasteiger charge is -2.37. The van der Waals surface area contributed by atoms with Crippen LogP contribution < -0.4 is 0 Å². The van der Waals surface area contributed by atoms with Crippen molar-refractivity contribution in [3.8, 4) is 0 Å². The second-order valence-corrected chi connectivity index (χ2v) is 6.82. The second-order valence-electron chi connectivity index (χ2n) is 3.67. The Kier molecular flexibility index (Phi) is 2.23. The molecule has 11 heavy (non-hydrogen) atoms. The van der Waals surface area contributed by atoms with E-state index in [-0.39, 0.29) is 5.92 Å². The molecule has 0 atom stereocenters. The number of rotatable bonds is 2. The summed E-state index contributed by atoms with van der Waals surface area (Å²) >= 11 is 0. The van der Waals surface area contributed by atoms with Gasteiger partial charge in [0.15, 0.2) is 0 Å². The quantitative estimate of drug-likeness (QED) is 0.635. The molecule has 0 radical (unpaired) electrons. The molecule has 1 aliphatic rings. The molecule has 0 bridgehead atoms. The molecule has 0 heterocycles. The second kappa shape index (κ2) is 2.63. The largest absolute Gasteiger partial charge is 0.238 e. The highest BCUT2D eigenvalue weighted by molar-refractivity contribution is 8.14.